The van der Waals surface area contributed by atoms with Crippen molar-refractivity contribution in [1.82, 2.24) is 15.0 Å². The van der Waals surface area contributed by atoms with Gasteiger partial charge in [0.1, 0.15) is 5.69 Å². The highest BCUT2D eigenvalue weighted by molar-refractivity contribution is 5.86. The third-order valence-electron chi connectivity index (χ3n) is 1.29. The van der Waals surface area contributed by atoms with Crippen LogP contribution in [-0.4, -0.2) is 26.1 Å². The van der Waals surface area contributed by atoms with Crippen LogP contribution in [-0.2, 0) is 13.6 Å². The fourth-order valence-electron chi connectivity index (χ4n) is 0.799. The molecule has 1 aromatic rings. The molecule has 68 valence electrons. The molecule has 0 saturated heterocycles. The molecule has 0 atom stereocenters. The maximum atomic E-state index is 10.5. The highest BCUT2D eigenvalue weighted by Crippen LogP contribution is 2.01. The Morgan fingerprint density at radius 2 is 2.33 bits per heavy atom. The molecule has 0 aromatic carbocycles. The quantitative estimate of drug-likeness (QED) is 0.652. The van der Waals surface area contributed by atoms with Gasteiger partial charge in [-0.05, 0) is 0 Å². The summed E-state index contributed by atoms with van der Waals surface area (Å²) in [5, 5.41) is 15.7. The minimum Gasteiger partial charge on any atom is -0.476 e. The van der Waals surface area contributed by atoms with Crippen LogP contribution in [0.5, 0.6) is 0 Å². The van der Waals surface area contributed by atoms with Crippen LogP contribution in [0.2, 0.25) is 0 Å². The Kier molecular flexibility index (Phi) is 3.65. The van der Waals surface area contributed by atoms with E-state index in [4.69, 9.17) is 10.8 Å². The third-order valence-corrected chi connectivity index (χ3v) is 1.29. The largest absolute Gasteiger partial charge is 0.476 e. The molecule has 1 aromatic heterocycles. The van der Waals surface area contributed by atoms with Crippen molar-refractivity contribution in [2.75, 3.05) is 0 Å². The number of carboxylic acid groups (broad SMARTS) is 1. The fraction of sp³-hybridized carbons (Fsp3) is 0.400. The van der Waals surface area contributed by atoms with Crippen molar-refractivity contribution >= 4 is 18.4 Å². The second-order valence-corrected chi connectivity index (χ2v) is 2.02. The summed E-state index contributed by atoms with van der Waals surface area (Å²) in [6, 6.07) is 0. The molecule has 0 radical (unpaired) electrons. The molecule has 1 heterocycles. The lowest BCUT2D eigenvalue weighted by Crippen LogP contribution is -2.10. The smallest absolute Gasteiger partial charge is 0.356 e. The van der Waals surface area contributed by atoms with Crippen LogP contribution in [0.25, 0.3) is 0 Å². The van der Waals surface area contributed by atoms with Gasteiger partial charge in [-0.1, -0.05) is 5.21 Å². The van der Waals surface area contributed by atoms with Gasteiger partial charge >= 0.3 is 5.97 Å². The zero-order chi connectivity index (χ0) is 8.43. The first-order chi connectivity index (χ1) is 5.16. The summed E-state index contributed by atoms with van der Waals surface area (Å²) in [7, 11) is 1.51. The molecule has 1 rings (SSSR count). The molecule has 0 spiro atoms. The molecule has 3 N–H and O–H groups in total. The van der Waals surface area contributed by atoms with Crippen molar-refractivity contribution in [2.45, 2.75) is 6.54 Å². The average molecular weight is 193 g/mol. The number of aromatic nitrogens is 3. The normalized spacial score (nSPS) is 9.17. The van der Waals surface area contributed by atoms with Crippen molar-refractivity contribution in [3.8, 4) is 0 Å². The number of aryl methyl sites for hydroxylation is 1. The standard InChI is InChI=1S/C5H8N4O2.ClH/c1-9-4(5(10)11)3(2-6)7-8-9;/h2,6H2,1H3,(H,10,11);1H. The fourth-order valence-corrected chi connectivity index (χ4v) is 0.799. The lowest BCUT2D eigenvalue weighted by Gasteiger charge is -1.93. The van der Waals surface area contributed by atoms with Crippen LogP contribution in [0.3, 0.4) is 0 Å². The van der Waals surface area contributed by atoms with Crippen molar-refractivity contribution in [3.05, 3.63) is 11.4 Å². The monoisotopic (exact) mass is 192 g/mol. The zero-order valence-electron chi connectivity index (χ0n) is 6.39. The Morgan fingerprint density at radius 3 is 2.67 bits per heavy atom. The molecule has 0 amide bonds. The Hall–Kier alpha value is -1.14. The number of carbonyl (C=O) groups is 1. The van der Waals surface area contributed by atoms with Crippen molar-refractivity contribution in [1.29, 1.82) is 0 Å². The van der Waals surface area contributed by atoms with E-state index in [1.807, 2.05) is 0 Å². The summed E-state index contributed by atoms with van der Waals surface area (Å²) in [6.45, 7) is 0.0927. The van der Waals surface area contributed by atoms with Gasteiger partial charge in [-0.3, -0.25) is 0 Å². The van der Waals surface area contributed by atoms with Gasteiger partial charge in [0.05, 0.1) is 0 Å². The van der Waals surface area contributed by atoms with Gasteiger partial charge in [0.2, 0.25) is 0 Å². The first-order valence-corrected chi connectivity index (χ1v) is 2.98. The number of hydrogen-bond donors (Lipinski definition) is 2. The topological polar surface area (TPSA) is 94.0 Å². The van der Waals surface area contributed by atoms with E-state index in [0.29, 0.717) is 5.69 Å². The molecule has 0 saturated carbocycles. The molecular weight excluding hydrogens is 184 g/mol. The Labute approximate surface area is 74.8 Å². The number of rotatable bonds is 2. The van der Waals surface area contributed by atoms with Crippen molar-refractivity contribution in [2.24, 2.45) is 12.8 Å². The molecule has 0 fully saturated rings. The van der Waals surface area contributed by atoms with Crippen LogP contribution in [0, 0.1) is 0 Å². The van der Waals surface area contributed by atoms with Gasteiger partial charge in [-0.25, -0.2) is 9.48 Å². The third kappa shape index (κ3) is 1.72. The maximum absolute atomic E-state index is 10.5. The lowest BCUT2D eigenvalue weighted by atomic mass is 10.3. The van der Waals surface area contributed by atoms with E-state index in [-0.39, 0.29) is 24.6 Å². The molecule has 12 heavy (non-hydrogen) atoms. The number of halogens is 1. The number of nitrogens with zero attached hydrogens (tertiary/aromatic N) is 3. The first kappa shape index (κ1) is 10.9. The lowest BCUT2D eigenvalue weighted by molar-refractivity contribution is 0.0683. The molecule has 7 heteroatoms. The summed E-state index contributed by atoms with van der Waals surface area (Å²) in [6.07, 6.45) is 0. The Balaban J connectivity index is 0.00000121. The molecule has 6 nitrogen and oxygen atoms in total. The van der Waals surface area contributed by atoms with E-state index in [9.17, 15) is 4.79 Å². The van der Waals surface area contributed by atoms with Crippen LogP contribution >= 0.6 is 12.4 Å². The van der Waals surface area contributed by atoms with Crippen LogP contribution < -0.4 is 5.73 Å². The Morgan fingerprint density at radius 1 is 1.75 bits per heavy atom. The molecule has 0 aliphatic rings. The van der Waals surface area contributed by atoms with E-state index in [0.717, 1.165) is 0 Å². The highest BCUT2D eigenvalue weighted by Gasteiger charge is 2.15. The Bertz CT molecular complexity index is 285. The van der Waals surface area contributed by atoms with E-state index in [1.165, 1.54) is 11.7 Å². The number of hydrogen-bond acceptors (Lipinski definition) is 4. The molecule has 0 aliphatic heterocycles. The molecule has 0 aliphatic carbocycles. The predicted octanol–water partition coefficient (Wildman–Crippen LogP) is -0.606. The van der Waals surface area contributed by atoms with Gasteiger partial charge < -0.3 is 10.8 Å². The second-order valence-electron chi connectivity index (χ2n) is 2.02. The number of nitrogens with two attached hydrogens (primary N) is 1. The maximum Gasteiger partial charge on any atom is 0.356 e. The van der Waals surface area contributed by atoms with Gasteiger partial charge in [0, 0.05) is 13.6 Å². The van der Waals surface area contributed by atoms with Gasteiger partial charge in [0.15, 0.2) is 5.69 Å². The predicted molar refractivity (Wildman–Crippen MR) is 43.1 cm³/mol. The van der Waals surface area contributed by atoms with Crippen LogP contribution in [0.1, 0.15) is 16.2 Å². The van der Waals surface area contributed by atoms with Crippen LogP contribution in [0.4, 0.5) is 0 Å². The SMILES string of the molecule is Cl.Cn1nnc(CN)c1C(=O)O. The van der Waals surface area contributed by atoms with Crippen LogP contribution in [0.15, 0.2) is 0 Å². The number of carboxylic acids is 1. The van der Waals surface area contributed by atoms with Crippen molar-refractivity contribution < 1.29 is 9.90 Å². The van der Waals surface area contributed by atoms with Crippen molar-refractivity contribution in [3.63, 3.8) is 0 Å². The second kappa shape index (κ2) is 4.03. The summed E-state index contributed by atoms with van der Waals surface area (Å²) in [4.78, 5) is 10.5. The molecular formula is C5H9ClN4O2. The van der Waals surface area contributed by atoms with E-state index < -0.39 is 5.97 Å². The van der Waals surface area contributed by atoms with Gasteiger partial charge in [-0.2, -0.15) is 0 Å². The summed E-state index contributed by atoms with van der Waals surface area (Å²) in [5.41, 5.74) is 5.58. The highest BCUT2D eigenvalue weighted by atomic mass is 35.5. The molecule has 0 unspecified atom stereocenters. The van der Waals surface area contributed by atoms with E-state index in [1.54, 1.807) is 0 Å². The van der Waals surface area contributed by atoms with E-state index in [2.05, 4.69) is 10.3 Å². The molecule has 0 bridgehead atoms. The minimum absolute atomic E-state index is 0. The summed E-state index contributed by atoms with van der Waals surface area (Å²) < 4.78 is 1.19. The van der Waals surface area contributed by atoms with Gasteiger partial charge in [-0.15, -0.1) is 17.5 Å². The summed E-state index contributed by atoms with van der Waals surface area (Å²) >= 11 is 0. The zero-order valence-corrected chi connectivity index (χ0v) is 7.21. The first-order valence-electron chi connectivity index (χ1n) is 2.98. The van der Waals surface area contributed by atoms with E-state index >= 15 is 0 Å². The average Bonchev–Trinajstić information content (AvgIpc) is 2.30. The summed E-state index contributed by atoms with van der Waals surface area (Å²) in [5.74, 6) is -1.06. The minimum atomic E-state index is -1.06. The number of aromatic carboxylic acids is 1. The van der Waals surface area contributed by atoms with Gasteiger partial charge in [0.25, 0.3) is 0 Å².